The van der Waals surface area contributed by atoms with Gasteiger partial charge in [0, 0.05) is 5.69 Å². The van der Waals surface area contributed by atoms with E-state index in [1.807, 2.05) is 0 Å². The van der Waals surface area contributed by atoms with E-state index < -0.39 is 17.7 Å². The summed E-state index contributed by atoms with van der Waals surface area (Å²) in [5.74, 6) is -1.27. The normalized spacial score (nSPS) is 11.2. The number of carboxylic acids is 1. The molecule has 110 valence electrons. The third kappa shape index (κ3) is 3.63. The number of anilines is 2. The fraction of sp³-hybridized carbons (Fsp3) is 0.0769. The number of aromatic carboxylic acids is 1. The van der Waals surface area contributed by atoms with E-state index in [1.165, 1.54) is 24.3 Å². The Bertz CT molecular complexity index is 672. The summed E-state index contributed by atoms with van der Waals surface area (Å²) >= 11 is 5.68. The summed E-state index contributed by atoms with van der Waals surface area (Å²) < 4.78 is 37.3. The Balaban J connectivity index is 2.30. The monoisotopic (exact) mass is 316 g/mol. The van der Waals surface area contributed by atoms with Gasteiger partial charge in [-0.15, -0.1) is 0 Å². The van der Waals surface area contributed by atoms with E-state index in [0.717, 1.165) is 12.1 Å². The van der Waals surface area contributed by atoms with Gasteiger partial charge < -0.3 is 10.4 Å². The summed E-state index contributed by atoms with van der Waals surface area (Å²) in [6.45, 7) is 0. The number of pyridine rings is 1. The number of benzene rings is 1. The zero-order valence-electron chi connectivity index (χ0n) is 10.3. The van der Waals surface area contributed by atoms with Crippen molar-refractivity contribution in [3.63, 3.8) is 0 Å². The molecule has 1 heterocycles. The van der Waals surface area contributed by atoms with Gasteiger partial charge >= 0.3 is 12.1 Å². The van der Waals surface area contributed by atoms with Gasteiger partial charge in [-0.2, -0.15) is 13.2 Å². The molecule has 2 rings (SSSR count). The smallest absolute Gasteiger partial charge is 0.416 e. The number of aromatic nitrogens is 1. The van der Waals surface area contributed by atoms with Gasteiger partial charge in [-0.05, 0) is 36.4 Å². The maximum absolute atomic E-state index is 12.4. The molecule has 0 fully saturated rings. The Morgan fingerprint density at radius 1 is 1.14 bits per heavy atom. The summed E-state index contributed by atoms with van der Waals surface area (Å²) in [6, 6.07) is 6.68. The molecule has 2 aromatic rings. The summed E-state index contributed by atoms with van der Waals surface area (Å²) in [5, 5.41) is 11.7. The molecule has 0 unspecified atom stereocenters. The van der Waals surface area contributed by atoms with Crippen LogP contribution in [0.5, 0.6) is 0 Å². The molecule has 8 heteroatoms. The number of hydrogen-bond donors (Lipinski definition) is 2. The van der Waals surface area contributed by atoms with Gasteiger partial charge in [-0.1, -0.05) is 11.6 Å². The van der Waals surface area contributed by atoms with Crippen LogP contribution >= 0.6 is 11.6 Å². The van der Waals surface area contributed by atoms with Crippen molar-refractivity contribution in [3.05, 3.63) is 52.7 Å². The van der Waals surface area contributed by atoms with Crippen LogP contribution in [0.25, 0.3) is 0 Å². The molecule has 0 radical (unpaired) electrons. The number of nitrogens with zero attached hydrogens (tertiary/aromatic N) is 1. The topological polar surface area (TPSA) is 62.2 Å². The highest BCUT2D eigenvalue weighted by Crippen LogP contribution is 2.30. The number of halogens is 4. The van der Waals surface area contributed by atoms with E-state index in [9.17, 15) is 18.0 Å². The number of alkyl halides is 3. The second-order valence-electron chi connectivity index (χ2n) is 4.04. The van der Waals surface area contributed by atoms with Gasteiger partial charge in [0.05, 0.1) is 5.56 Å². The maximum Gasteiger partial charge on any atom is 0.416 e. The zero-order valence-corrected chi connectivity index (χ0v) is 11.0. The third-order valence-electron chi connectivity index (χ3n) is 2.57. The van der Waals surface area contributed by atoms with Crippen LogP contribution in [0.15, 0.2) is 36.4 Å². The fourth-order valence-corrected chi connectivity index (χ4v) is 1.73. The minimum absolute atomic E-state index is 0.0465. The van der Waals surface area contributed by atoms with Crippen molar-refractivity contribution in [2.24, 2.45) is 0 Å². The van der Waals surface area contributed by atoms with Crippen LogP contribution in [-0.2, 0) is 6.18 Å². The fourth-order valence-electron chi connectivity index (χ4n) is 1.58. The zero-order chi connectivity index (χ0) is 15.6. The Morgan fingerprint density at radius 3 is 2.29 bits per heavy atom. The molecule has 0 bridgehead atoms. The van der Waals surface area contributed by atoms with Crippen molar-refractivity contribution in [1.82, 2.24) is 4.98 Å². The quantitative estimate of drug-likeness (QED) is 0.833. The van der Waals surface area contributed by atoms with E-state index >= 15 is 0 Å². The number of rotatable bonds is 3. The highest BCUT2D eigenvalue weighted by atomic mass is 35.5. The van der Waals surface area contributed by atoms with Crippen molar-refractivity contribution < 1.29 is 23.1 Å². The van der Waals surface area contributed by atoms with E-state index in [4.69, 9.17) is 16.7 Å². The molecular formula is C13H8ClF3N2O2. The standard InChI is InChI=1S/C13H8ClF3N2O2/c14-10-6-5-9(12(20)21)11(19-10)18-8-3-1-7(2-4-8)13(15,16)17/h1-6H,(H,18,19)(H,20,21). The molecule has 1 aromatic heterocycles. The predicted octanol–water partition coefficient (Wildman–Crippen LogP) is 4.20. The minimum atomic E-state index is -4.43. The van der Waals surface area contributed by atoms with Gasteiger partial charge in [-0.25, -0.2) is 9.78 Å². The van der Waals surface area contributed by atoms with Gasteiger partial charge in [-0.3, -0.25) is 0 Å². The van der Waals surface area contributed by atoms with E-state index in [0.29, 0.717) is 0 Å². The van der Waals surface area contributed by atoms with E-state index in [2.05, 4.69) is 10.3 Å². The molecule has 0 saturated heterocycles. The van der Waals surface area contributed by atoms with Crippen LogP contribution in [0.3, 0.4) is 0 Å². The number of hydrogen-bond acceptors (Lipinski definition) is 3. The van der Waals surface area contributed by atoms with Gasteiger partial charge in [0.2, 0.25) is 0 Å². The Labute approximate surface area is 122 Å². The first-order valence-corrected chi connectivity index (χ1v) is 5.99. The second-order valence-corrected chi connectivity index (χ2v) is 4.42. The molecule has 0 saturated carbocycles. The van der Waals surface area contributed by atoms with Crippen LogP contribution in [0.4, 0.5) is 24.7 Å². The summed E-state index contributed by atoms with van der Waals surface area (Å²) in [4.78, 5) is 14.8. The van der Waals surface area contributed by atoms with E-state index in [-0.39, 0.29) is 22.2 Å². The van der Waals surface area contributed by atoms with Crippen LogP contribution in [0.2, 0.25) is 5.15 Å². The SMILES string of the molecule is O=C(O)c1ccc(Cl)nc1Nc1ccc(C(F)(F)F)cc1. The third-order valence-corrected chi connectivity index (χ3v) is 2.78. The van der Waals surface area contributed by atoms with Crippen LogP contribution in [-0.4, -0.2) is 16.1 Å². The average Bonchev–Trinajstić information content (AvgIpc) is 2.38. The van der Waals surface area contributed by atoms with Crippen molar-refractivity contribution >= 4 is 29.1 Å². The van der Waals surface area contributed by atoms with Gasteiger partial charge in [0.15, 0.2) is 0 Å². The average molecular weight is 317 g/mol. The first-order valence-electron chi connectivity index (χ1n) is 5.61. The highest BCUT2D eigenvalue weighted by molar-refractivity contribution is 6.29. The van der Waals surface area contributed by atoms with E-state index in [1.54, 1.807) is 0 Å². The first-order chi connectivity index (χ1) is 9.77. The molecule has 0 atom stereocenters. The summed E-state index contributed by atoms with van der Waals surface area (Å²) in [7, 11) is 0. The Morgan fingerprint density at radius 2 is 1.76 bits per heavy atom. The van der Waals surface area contributed by atoms with Crippen LogP contribution < -0.4 is 5.32 Å². The molecule has 0 amide bonds. The first kappa shape index (κ1) is 15.1. The molecule has 2 N–H and O–H groups in total. The Kier molecular flexibility index (Phi) is 4.04. The molecule has 4 nitrogen and oxygen atoms in total. The predicted molar refractivity (Wildman–Crippen MR) is 70.9 cm³/mol. The lowest BCUT2D eigenvalue weighted by Crippen LogP contribution is -2.06. The van der Waals surface area contributed by atoms with Crippen molar-refractivity contribution in [2.75, 3.05) is 5.32 Å². The number of carbonyl (C=O) groups is 1. The summed E-state index contributed by atoms with van der Waals surface area (Å²) in [6.07, 6.45) is -4.43. The molecule has 0 aliphatic rings. The molecule has 0 spiro atoms. The Hall–Kier alpha value is -2.28. The van der Waals surface area contributed by atoms with Crippen molar-refractivity contribution in [2.45, 2.75) is 6.18 Å². The van der Waals surface area contributed by atoms with Crippen molar-refractivity contribution in [1.29, 1.82) is 0 Å². The number of carboxylic acid groups (broad SMARTS) is 1. The summed E-state index contributed by atoms with van der Waals surface area (Å²) in [5.41, 5.74) is -0.676. The van der Waals surface area contributed by atoms with Crippen LogP contribution in [0.1, 0.15) is 15.9 Å². The minimum Gasteiger partial charge on any atom is -0.478 e. The van der Waals surface area contributed by atoms with Crippen molar-refractivity contribution in [3.8, 4) is 0 Å². The molecule has 1 aromatic carbocycles. The second kappa shape index (κ2) is 5.61. The van der Waals surface area contributed by atoms with Gasteiger partial charge in [0.1, 0.15) is 16.5 Å². The molecule has 0 aliphatic heterocycles. The lowest BCUT2D eigenvalue weighted by molar-refractivity contribution is -0.137. The van der Waals surface area contributed by atoms with Crippen LogP contribution in [0, 0.1) is 0 Å². The molecule has 0 aliphatic carbocycles. The molecular weight excluding hydrogens is 309 g/mol. The van der Waals surface area contributed by atoms with Gasteiger partial charge in [0.25, 0.3) is 0 Å². The number of nitrogens with one attached hydrogen (secondary N) is 1. The largest absolute Gasteiger partial charge is 0.478 e. The lowest BCUT2D eigenvalue weighted by atomic mass is 10.2. The lowest BCUT2D eigenvalue weighted by Gasteiger charge is -2.10. The highest BCUT2D eigenvalue weighted by Gasteiger charge is 2.30. The molecule has 21 heavy (non-hydrogen) atoms. The maximum atomic E-state index is 12.4.